The zero-order chi connectivity index (χ0) is 36.0. The molecule has 0 atom stereocenters. The van der Waals surface area contributed by atoms with Gasteiger partial charge < -0.3 is 22.6 Å². The van der Waals surface area contributed by atoms with Crippen molar-refractivity contribution >= 4 is 94.0 Å². The first-order valence-electron chi connectivity index (χ1n) is 18.3. The van der Waals surface area contributed by atoms with Crippen LogP contribution in [0.25, 0.3) is 99.5 Å². The predicted octanol–water partition coefficient (Wildman–Crippen LogP) is 14.3. The summed E-state index contributed by atoms with van der Waals surface area (Å²) in [5, 5.41) is 6.31. The Balaban J connectivity index is 0.961. The highest BCUT2D eigenvalue weighted by atomic mass is 16.4. The van der Waals surface area contributed by atoms with Crippen molar-refractivity contribution in [2.45, 2.75) is 0 Å². The molecule has 6 heteroatoms. The van der Waals surface area contributed by atoms with Gasteiger partial charge in [0.15, 0.2) is 5.58 Å². The van der Waals surface area contributed by atoms with Gasteiger partial charge >= 0.3 is 0 Å². The van der Waals surface area contributed by atoms with E-state index in [1.54, 1.807) is 0 Å². The molecule has 4 aromatic heterocycles. The van der Waals surface area contributed by atoms with Gasteiger partial charge in [0.25, 0.3) is 0 Å². The minimum Gasteiger partial charge on any atom is -0.456 e. The Morgan fingerprint density at radius 1 is 0.327 bits per heavy atom. The normalized spacial score (nSPS) is 12.0. The fourth-order valence-electron chi connectivity index (χ4n) is 8.09. The topological polar surface area (TPSA) is 68.7 Å². The maximum absolute atomic E-state index is 6.42. The molecule has 0 saturated carbocycles. The number of hydrogen-bond acceptors (Lipinski definition) is 6. The number of benzene rings is 8. The van der Waals surface area contributed by atoms with Gasteiger partial charge in [0, 0.05) is 55.6 Å². The average Bonchev–Trinajstić information content (AvgIpc) is 4.02. The van der Waals surface area contributed by atoms with Crippen LogP contribution in [0.3, 0.4) is 0 Å². The Bertz CT molecular complexity index is 3440. The number of rotatable bonds is 5. The quantitative estimate of drug-likeness (QED) is 0.177. The molecule has 0 bridgehead atoms. The minimum atomic E-state index is 0.596. The molecular formula is C49H28N2O4. The van der Waals surface area contributed by atoms with Crippen LogP contribution in [0, 0.1) is 0 Å². The van der Waals surface area contributed by atoms with Crippen LogP contribution in [0.5, 0.6) is 0 Å². The Kier molecular flexibility index (Phi) is 6.24. The Hall–Kier alpha value is -7.57. The van der Waals surface area contributed by atoms with E-state index in [2.05, 4.69) is 102 Å². The van der Waals surface area contributed by atoms with Gasteiger partial charge in [-0.2, -0.15) is 0 Å². The molecule has 258 valence electrons. The number of nitrogens with zero attached hydrogens (tertiary/aromatic N) is 2. The second-order valence-electron chi connectivity index (χ2n) is 13.9. The number of para-hydroxylation sites is 2. The molecule has 0 aliphatic heterocycles. The highest BCUT2D eigenvalue weighted by molar-refractivity contribution is 6.17. The van der Waals surface area contributed by atoms with Gasteiger partial charge in [-0.15, -0.1) is 0 Å². The molecule has 0 aliphatic rings. The van der Waals surface area contributed by atoms with Crippen molar-refractivity contribution in [3.05, 3.63) is 170 Å². The van der Waals surface area contributed by atoms with Crippen molar-refractivity contribution in [2.24, 2.45) is 0 Å². The molecule has 0 amide bonds. The summed E-state index contributed by atoms with van der Waals surface area (Å²) in [4.78, 5) is 7.17. The smallest absolute Gasteiger partial charge is 0.227 e. The van der Waals surface area contributed by atoms with Gasteiger partial charge in [0.2, 0.25) is 5.89 Å². The first kappa shape index (κ1) is 29.9. The van der Waals surface area contributed by atoms with E-state index in [0.29, 0.717) is 5.89 Å². The number of aromatic nitrogens is 1. The minimum absolute atomic E-state index is 0.596. The van der Waals surface area contributed by atoms with Crippen molar-refractivity contribution in [1.82, 2.24) is 4.98 Å². The number of fused-ring (bicyclic) bond motifs is 11. The van der Waals surface area contributed by atoms with E-state index in [-0.39, 0.29) is 0 Å². The van der Waals surface area contributed by atoms with Crippen LogP contribution in [0.4, 0.5) is 17.1 Å². The molecule has 0 fully saturated rings. The molecule has 0 unspecified atom stereocenters. The van der Waals surface area contributed by atoms with E-state index in [1.165, 1.54) is 0 Å². The first-order chi connectivity index (χ1) is 27.2. The van der Waals surface area contributed by atoms with Gasteiger partial charge in [-0.3, -0.25) is 0 Å². The lowest BCUT2D eigenvalue weighted by Crippen LogP contribution is -2.09. The summed E-state index contributed by atoms with van der Waals surface area (Å²) in [6.45, 7) is 0. The highest BCUT2D eigenvalue weighted by Gasteiger charge is 2.20. The summed E-state index contributed by atoms with van der Waals surface area (Å²) in [5.41, 5.74) is 12.7. The molecular weight excluding hydrogens is 681 g/mol. The summed E-state index contributed by atoms with van der Waals surface area (Å²) < 4.78 is 25.1. The molecule has 0 aliphatic carbocycles. The molecule has 6 nitrogen and oxygen atoms in total. The third-order valence-electron chi connectivity index (χ3n) is 10.7. The number of furan rings is 3. The number of anilines is 3. The van der Waals surface area contributed by atoms with E-state index in [4.69, 9.17) is 22.7 Å². The van der Waals surface area contributed by atoms with Crippen LogP contribution in [0.2, 0.25) is 0 Å². The summed E-state index contributed by atoms with van der Waals surface area (Å²) in [6, 6.07) is 58.1. The standard InChI is InChI=1S/C49H28N2O4/c1-2-8-30(9-3-1)49-50-48-44(55-49)25-24-43-47(48)38-21-16-31(26-45(38)54-43)29-14-17-32(18-15-29)51(33-20-23-42-39(27-33)36-11-5-7-13-41(36)52-42)34-19-22-37-35-10-4-6-12-40(35)53-46(37)28-34/h1-28H. The van der Waals surface area contributed by atoms with E-state index in [9.17, 15) is 0 Å². The van der Waals surface area contributed by atoms with E-state index in [1.807, 2.05) is 72.8 Å². The van der Waals surface area contributed by atoms with Gasteiger partial charge in [0.05, 0.1) is 5.39 Å². The van der Waals surface area contributed by atoms with Crippen LogP contribution in [-0.2, 0) is 0 Å². The zero-order valence-electron chi connectivity index (χ0n) is 29.2. The Morgan fingerprint density at radius 2 is 0.891 bits per heavy atom. The maximum atomic E-state index is 6.42. The zero-order valence-corrected chi connectivity index (χ0v) is 29.2. The summed E-state index contributed by atoms with van der Waals surface area (Å²) >= 11 is 0. The lowest BCUT2D eigenvalue weighted by molar-refractivity contribution is 0.619. The SMILES string of the molecule is c1ccc(-c2nc3c(ccc4oc5cc(-c6ccc(N(c7ccc8c(c7)oc7ccccc78)c7ccc8oc9ccccc9c8c7)cc6)ccc5c43)o2)cc1. The molecule has 12 aromatic rings. The number of oxazole rings is 1. The first-order valence-corrected chi connectivity index (χ1v) is 18.3. The van der Waals surface area contributed by atoms with Crippen molar-refractivity contribution in [3.63, 3.8) is 0 Å². The summed E-state index contributed by atoms with van der Waals surface area (Å²) in [5.74, 6) is 0.596. The monoisotopic (exact) mass is 708 g/mol. The Labute approximate surface area is 313 Å². The molecule has 12 rings (SSSR count). The highest BCUT2D eigenvalue weighted by Crippen LogP contribution is 2.42. The summed E-state index contributed by atoms with van der Waals surface area (Å²) in [6.07, 6.45) is 0. The average molecular weight is 709 g/mol. The third-order valence-corrected chi connectivity index (χ3v) is 10.7. The second kappa shape index (κ2) is 11.5. The van der Waals surface area contributed by atoms with Gasteiger partial charge in [-0.25, -0.2) is 4.98 Å². The Morgan fingerprint density at radius 3 is 1.73 bits per heavy atom. The molecule has 4 heterocycles. The molecule has 8 aromatic carbocycles. The lowest BCUT2D eigenvalue weighted by atomic mass is 10.0. The predicted molar refractivity (Wildman–Crippen MR) is 221 cm³/mol. The second-order valence-corrected chi connectivity index (χ2v) is 13.9. The van der Waals surface area contributed by atoms with Gasteiger partial charge in [0.1, 0.15) is 39.0 Å². The van der Waals surface area contributed by atoms with E-state index < -0.39 is 0 Å². The molecule has 0 saturated heterocycles. The number of hydrogen-bond donors (Lipinski definition) is 0. The summed E-state index contributed by atoms with van der Waals surface area (Å²) in [7, 11) is 0. The fraction of sp³-hybridized carbons (Fsp3) is 0. The van der Waals surface area contributed by atoms with Crippen LogP contribution >= 0.6 is 0 Å². The van der Waals surface area contributed by atoms with Crippen molar-refractivity contribution in [3.8, 4) is 22.6 Å². The van der Waals surface area contributed by atoms with Crippen molar-refractivity contribution < 1.29 is 17.7 Å². The molecule has 55 heavy (non-hydrogen) atoms. The van der Waals surface area contributed by atoms with E-state index in [0.717, 1.165) is 111 Å². The van der Waals surface area contributed by atoms with Crippen LogP contribution < -0.4 is 4.90 Å². The van der Waals surface area contributed by atoms with Crippen LogP contribution in [-0.4, -0.2) is 4.98 Å². The largest absolute Gasteiger partial charge is 0.456 e. The van der Waals surface area contributed by atoms with Crippen LogP contribution in [0.15, 0.2) is 188 Å². The molecule has 0 radical (unpaired) electrons. The fourth-order valence-corrected chi connectivity index (χ4v) is 8.09. The van der Waals surface area contributed by atoms with E-state index >= 15 is 0 Å². The lowest BCUT2D eigenvalue weighted by Gasteiger charge is -2.25. The van der Waals surface area contributed by atoms with Gasteiger partial charge in [-0.1, -0.05) is 72.8 Å². The van der Waals surface area contributed by atoms with Crippen LogP contribution in [0.1, 0.15) is 0 Å². The van der Waals surface area contributed by atoms with Gasteiger partial charge in [-0.05, 0) is 102 Å². The van der Waals surface area contributed by atoms with Crippen molar-refractivity contribution in [2.75, 3.05) is 4.90 Å². The van der Waals surface area contributed by atoms with Crippen molar-refractivity contribution in [1.29, 1.82) is 0 Å². The maximum Gasteiger partial charge on any atom is 0.227 e. The third kappa shape index (κ3) is 4.65. The molecule has 0 N–H and O–H groups in total. The molecule has 0 spiro atoms.